The molecule has 1 aromatic rings. The summed E-state index contributed by atoms with van der Waals surface area (Å²) in [7, 11) is 0. The molecular weight excluding hydrogens is 258 g/mol. The summed E-state index contributed by atoms with van der Waals surface area (Å²) in [6.45, 7) is 3.64. The number of carbonyl (C=O) groups is 2. The van der Waals surface area contributed by atoms with Gasteiger partial charge in [-0.05, 0) is 19.1 Å². The van der Waals surface area contributed by atoms with Crippen LogP contribution < -0.4 is 5.73 Å². The van der Waals surface area contributed by atoms with E-state index < -0.39 is 11.4 Å². The van der Waals surface area contributed by atoms with Crippen LogP contribution in [0.5, 0.6) is 0 Å². The lowest BCUT2D eigenvalue weighted by Crippen LogP contribution is -1.89. The van der Waals surface area contributed by atoms with E-state index in [0.717, 1.165) is 5.69 Å². The Hall–Kier alpha value is -1.75. The van der Waals surface area contributed by atoms with E-state index in [4.69, 9.17) is 22.4 Å². The third kappa shape index (κ3) is 19.8. The van der Waals surface area contributed by atoms with Gasteiger partial charge in [0.1, 0.15) is 0 Å². The normalized spacial score (nSPS) is 7.94. The molecule has 5 nitrogen and oxygen atoms in total. The van der Waals surface area contributed by atoms with Crippen LogP contribution in [0.15, 0.2) is 30.3 Å². The van der Waals surface area contributed by atoms with E-state index in [1.165, 1.54) is 0 Å². The number of para-hydroxylation sites is 1. The average Bonchev–Trinajstić information content (AvgIpc) is 2.31. The fraction of sp³-hybridized carbons (Fsp3) is 0.333. The molecule has 0 saturated heterocycles. The number of carbonyl (C=O) groups excluding carboxylic acids is 1. The molecule has 0 bridgehead atoms. The number of carboxylic acid groups (broad SMARTS) is 1. The van der Waals surface area contributed by atoms with Crippen molar-refractivity contribution in [2.75, 3.05) is 12.3 Å². The number of hydrogen-bond donors (Lipinski definition) is 2. The maximum atomic E-state index is 9.59. The molecule has 6 heteroatoms. The Bertz CT molecular complexity index is 330. The summed E-state index contributed by atoms with van der Waals surface area (Å²) in [5.74, 6) is -0.745. The first kappa shape index (κ1) is 18.6. The van der Waals surface area contributed by atoms with Crippen molar-refractivity contribution < 1.29 is 19.4 Å². The number of nitrogen functional groups attached to an aromatic ring is 1. The van der Waals surface area contributed by atoms with Gasteiger partial charge in [0.15, 0.2) is 0 Å². The predicted octanol–water partition coefficient (Wildman–Crippen LogP) is 3.13. The number of rotatable bonds is 2. The topological polar surface area (TPSA) is 89.6 Å². The fourth-order valence-electron chi connectivity index (χ4n) is 0.567. The Morgan fingerprint density at radius 1 is 1.28 bits per heavy atom. The molecule has 1 aromatic carbocycles. The summed E-state index contributed by atoms with van der Waals surface area (Å²) in [5.41, 5.74) is 5.44. The lowest BCUT2D eigenvalue weighted by Gasteiger charge is -1.86. The maximum Gasteiger partial charge on any atom is 0.403 e. The summed E-state index contributed by atoms with van der Waals surface area (Å²) >= 11 is 4.72. The van der Waals surface area contributed by atoms with Crippen LogP contribution in [0.3, 0.4) is 0 Å². The van der Waals surface area contributed by atoms with Gasteiger partial charge in [0.25, 0.3) is 0 Å². The molecule has 0 saturated carbocycles. The van der Waals surface area contributed by atoms with Crippen LogP contribution in [-0.4, -0.2) is 23.1 Å². The van der Waals surface area contributed by atoms with Crippen molar-refractivity contribution in [2.24, 2.45) is 0 Å². The molecule has 0 unspecified atom stereocenters. The van der Waals surface area contributed by atoms with E-state index in [1.54, 1.807) is 13.8 Å². The van der Waals surface area contributed by atoms with E-state index in [0.29, 0.717) is 6.61 Å². The molecule has 0 heterocycles. The van der Waals surface area contributed by atoms with Crippen LogP contribution in [0.2, 0.25) is 0 Å². The number of anilines is 1. The van der Waals surface area contributed by atoms with Gasteiger partial charge in [-0.1, -0.05) is 25.1 Å². The zero-order valence-corrected chi connectivity index (χ0v) is 11.2. The molecule has 0 atom stereocenters. The minimum atomic E-state index is -0.745. The lowest BCUT2D eigenvalue weighted by atomic mass is 10.3. The zero-order valence-electron chi connectivity index (χ0n) is 10.4. The number of nitrogens with two attached hydrogens (primary N) is 1. The maximum absolute atomic E-state index is 9.59. The Kier molecular flexibility index (Phi) is 13.8. The molecule has 3 N–H and O–H groups in total. The molecule has 0 aliphatic rings. The third-order valence-electron chi connectivity index (χ3n) is 1.36. The first-order chi connectivity index (χ1) is 8.43. The van der Waals surface area contributed by atoms with Gasteiger partial charge in [-0.15, -0.1) is 0 Å². The molecule has 0 fully saturated rings. The summed E-state index contributed by atoms with van der Waals surface area (Å²) < 4.78 is 4.17. The number of carboxylic acids is 1. The Morgan fingerprint density at radius 2 is 1.72 bits per heavy atom. The summed E-state index contributed by atoms with van der Waals surface area (Å²) in [5, 5.41) is 7.72. The highest BCUT2D eigenvalue weighted by atomic mass is 35.5. The predicted molar refractivity (Wildman–Crippen MR) is 71.7 cm³/mol. The van der Waals surface area contributed by atoms with Crippen LogP contribution in [0.4, 0.5) is 10.5 Å². The molecular formula is C12H18ClNO4. The summed E-state index contributed by atoms with van der Waals surface area (Å²) in [4.78, 5) is 19.0. The van der Waals surface area contributed by atoms with Gasteiger partial charge >= 0.3 is 11.4 Å². The number of halogens is 1. The monoisotopic (exact) mass is 275 g/mol. The van der Waals surface area contributed by atoms with Gasteiger partial charge in [0.2, 0.25) is 0 Å². The van der Waals surface area contributed by atoms with Crippen LogP contribution in [0.1, 0.15) is 20.3 Å². The molecule has 0 spiro atoms. The van der Waals surface area contributed by atoms with E-state index >= 15 is 0 Å². The molecule has 0 amide bonds. The van der Waals surface area contributed by atoms with Gasteiger partial charge in [0.05, 0.1) is 6.61 Å². The first-order valence-corrected chi connectivity index (χ1v) is 5.66. The van der Waals surface area contributed by atoms with Crippen LogP contribution >= 0.6 is 11.6 Å². The van der Waals surface area contributed by atoms with Crippen molar-refractivity contribution >= 4 is 28.7 Å². The number of benzene rings is 1. The Labute approximate surface area is 112 Å². The highest BCUT2D eigenvalue weighted by molar-refractivity contribution is 6.61. The number of ether oxygens (including phenoxy) is 1. The van der Waals surface area contributed by atoms with Crippen molar-refractivity contribution in [3.63, 3.8) is 0 Å². The minimum Gasteiger partial charge on any atom is -0.481 e. The van der Waals surface area contributed by atoms with Crippen molar-refractivity contribution in [2.45, 2.75) is 20.3 Å². The van der Waals surface area contributed by atoms with Gasteiger partial charge in [-0.2, -0.15) is 0 Å². The average molecular weight is 276 g/mol. The minimum absolute atomic E-state index is 0.222. The molecule has 0 aromatic heterocycles. The van der Waals surface area contributed by atoms with E-state index in [-0.39, 0.29) is 6.42 Å². The van der Waals surface area contributed by atoms with E-state index in [2.05, 4.69) is 4.74 Å². The van der Waals surface area contributed by atoms with Gasteiger partial charge < -0.3 is 15.6 Å². The second kappa shape index (κ2) is 13.3. The van der Waals surface area contributed by atoms with Crippen molar-refractivity contribution in [1.29, 1.82) is 0 Å². The van der Waals surface area contributed by atoms with Gasteiger partial charge in [-0.3, -0.25) is 4.79 Å². The van der Waals surface area contributed by atoms with Crippen LogP contribution in [0.25, 0.3) is 0 Å². The van der Waals surface area contributed by atoms with E-state index in [9.17, 15) is 9.59 Å². The van der Waals surface area contributed by atoms with Gasteiger partial charge in [-0.25, -0.2) is 4.79 Å². The third-order valence-corrected chi connectivity index (χ3v) is 1.47. The number of hydrogen-bond acceptors (Lipinski definition) is 4. The molecule has 0 radical (unpaired) electrons. The van der Waals surface area contributed by atoms with Gasteiger partial charge in [0, 0.05) is 23.7 Å². The molecule has 0 aliphatic carbocycles. The quantitative estimate of drug-likeness (QED) is 0.639. The second-order valence-corrected chi connectivity index (χ2v) is 3.14. The summed E-state index contributed by atoms with van der Waals surface area (Å²) in [6.07, 6.45) is 0.222. The summed E-state index contributed by atoms with van der Waals surface area (Å²) in [6, 6.07) is 9.49. The van der Waals surface area contributed by atoms with Crippen molar-refractivity contribution in [3.05, 3.63) is 30.3 Å². The molecule has 102 valence electrons. The molecule has 18 heavy (non-hydrogen) atoms. The van der Waals surface area contributed by atoms with Crippen molar-refractivity contribution in [3.8, 4) is 0 Å². The SMILES string of the molecule is CCC(=O)O.CCOC(=O)Cl.Nc1ccccc1. The van der Waals surface area contributed by atoms with Crippen LogP contribution in [-0.2, 0) is 9.53 Å². The second-order valence-electron chi connectivity index (χ2n) is 2.83. The number of aliphatic carboxylic acids is 1. The highest BCUT2D eigenvalue weighted by Crippen LogP contribution is 1.95. The zero-order chi connectivity index (χ0) is 14.4. The van der Waals surface area contributed by atoms with Crippen LogP contribution in [0, 0.1) is 0 Å². The largest absolute Gasteiger partial charge is 0.481 e. The fourth-order valence-corrected chi connectivity index (χ4v) is 0.676. The lowest BCUT2D eigenvalue weighted by molar-refractivity contribution is -0.136. The van der Waals surface area contributed by atoms with E-state index in [1.807, 2.05) is 30.3 Å². The standard InChI is InChI=1S/C6H7N.C3H5ClO2.C3H6O2/c7-6-4-2-1-3-5-6;1-2-6-3(4)5;1-2-3(4)5/h1-5H,7H2;2H2,1H3;2H2,1H3,(H,4,5). The molecule has 1 rings (SSSR count). The Balaban J connectivity index is 0. The smallest absolute Gasteiger partial charge is 0.403 e. The highest BCUT2D eigenvalue weighted by Gasteiger charge is 1.86. The Morgan fingerprint density at radius 3 is 1.83 bits per heavy atom. The van der Waals surface area contributed by atoms with Crippen molar-refractivity contribution in [1.82, 2.24) is 0 Å². The molecule has 0 aliphatic heterocycles. The first-order valence-electron chi connectivity index (χ1n) is 5.28.